The van der Waals surface area contributed by atoms with Gasteiger partial charge in [-0.05, 0) is 18.1 Å². The topological polar surface area (TPSA) is 66.4 Å². The van der Waals surface area contributed by atoms with E-state index in [0.29, 0.717) is 6.42 Å². The minimum atomic E-state index is -1.24. The normalized spacial score (nSPS) is 13.7. The zero-order chi connectivity index (χ0) is 15.4. The van der Waals surface area contributed by atoms with E-state index in [1.54, 1.807) is 13.8 Å². The lowest BCUT2D eigenvalue weighted by atomic mass is 9.99. The summed E-state index contributed by atoms with van der Waals surface area (Å²) < 4.78 is 27.4. The minimum Gasteiger partial charge on any atom is -0.480 e. The molecule has 0 aromatic heterocycles. The molecule has 0 bridgehead atoms. The third-order valence-corrected chi connectivity index (χ3v) is 3.46. The van der Waals surface area contributed by atoms with Crippen LogP contribution < -0.4 is 5.32 Å². The number of rotatable bonds is 5. The first-order valence-electron chi connectivity index (χ1n) is 5.96. The predicted octanol–water partition coefficient (Wildman–Crippen LogP) is 2.96. The highest BCUT2D eigenvalue weighted by molar-refractivity contribution is 9.10. The van der Waals surface area contributed by atoms with Crippen molar-refractivity contribution in [2.24, 2.45) is 5.92 Å². The monoisotopic (exact) mass is 349 g/mol. The lowest BCUT2D eigenvalue weighted by molar-refractivity contribution is -0.140. The van der Waals surface area contributed by atoms with E-state index < -0.39 is 35.1 Å². The summed E-state index contributed by atoms with van der Waals surface area (Å²) in [7, 11) is 0. The summed E-state index contributed by atoms with van der Waals surface area (Å²) in [5, 5.41) is 11.2. The standard InChI is InChI=1S/C13H14BrF2NO3/c1-3-6(2)11(13(19)20)17-12(18)10-8(15)4-7(14)5-9(10)16/h4-6,11H,3H2,1-2H3,(H,17,18)(H,19,20). The fourth-order valence-electron chi connectivity index (χ4n) is 1.66. The fourth-order valence-corrected chi connectivity index (χ4v) is 2.06. The Morgan fingerprint density at radius 3 is 2.25 bits per heavy atom. The van der Waals surface area contributed by atoms with E-state index in [2.05, 4.69) is 21.2 Å². The molecule has 20 heavy (non-hydrogen) atoms. The van der Waals surface area contributed by atoms with Gasteiger partial charge in [0.05, 0.1) is 0 Å². The summed E-state index contributed by atoms with van der Waals surface area (Å²) in [6.07, 6.45) is 0.503. The number of amides is 1. The number of benzene rings is 1. The van der Waals surface area contributed by atoms with Gasteiger partial charge in [-0.2, -0.15) is 0 Å². The molecule has 1 rings (SSSR count). The van der Waals surface area contributed by atoms with Crippen LogP contribution >= 0.6 is 15.9 Å². The van der Waals surface area contributed by atoms with Crippen molar-refractivity contribution < 1.29 is 23.5 Å². The van der Waals surface area contributed by atoms with E-state index in [9.17, 15) is 18.4 Å². The highest BCUT2D eigenvalue weighted by Gasteiger charge is 2.28. The van der Waals surface area contributed by atoms with Crippen molar-refractivity contribution in [2.75, 3.05) is 0 Å². The van der Waals surface area contributed by atoms with E-state index in [1.807, 2.05) is 0 Å². The summed E-state index contributed by atoms with van der Waals surface area (Å²) >= 11 is 2.90. The van der Waals surface area contributed by atoms with E-state index >= 15 is 0 Å². The Morgan fingerprint density at radius 1 is 1.35 bits per heavy atom. The molecule has 0 heterocycles. The number of aliphatic carboxylic acids is 1. The maximum Gasteiger partial charge on any atom is 0.326 e. The first-order chi connectivity index (χ1) is 9.27. The molecule has 0 aliphatic heterocycles. The van der Waals surface area contributed by atoms with Gasteiger partial charge in [-0.3, -0.25) is 4.79 Å². The van der Waals surface area contributed by atoms with E-state index in [-0.39, 0.29) is 10.4 Å². The predicted molar refractivity (Wildman–Crippen MR) is 72.4 cm³/mol. The summed E-state index contributed by atoms with van der Waals surface area (Å²) in [4.78, 5) is 22.9. The van der Waals surface area contributed by atoms with Crippen LogP contribution in [-0.4, -0.2) is 23.0 Å². The molecule has 1 aromatic rings. The van der Waals surface area contributed by atoms with Crippen molar-refractivity contribution in [3.63, 3.8) is 0 Å². The highest BCUT2D eigenvalue weighted by atomic mass is 79.9. The van der Waals surface area contributed by atoms with Gasteiger partial charge in [-0.15, -0.1) is 0 Å². The molecule has 2 atom stereocenters. The van der Waals surface area contributed by atoms with Crippen LogP contribution in [0.1, 0.15) is 30.6 Å². The van der Waals surface area contributed by atoms with Gasteiger partial charge in [0.1, 0.15) is 23.2 Å². The molecule has 0 aliphatic carbocycles. The number of halogens is 3. The van der Waals surface area contributed by atoms with Gasteiger partial charge in [0.25, 0.3) is 5.91 Å². The fraction of sp³-hybridized carbons (Fsp3) is 0.385. The number of hydrogen-bond acceptors (Lipinski definition) is 2. The van der Waals surface area contributed by atoms with Crippen molar-refractivity contribution in [1.82, 2.24) is 5.32 Å². The zero-order valence-electron chi connectivity index (χ0n) is 10.9. The quantitative estimate of drug-likeness (QED) is 0.858. The first-order valence-corrected chi connectivity index (χ1v) is 6.75. The molecule has 2 unspecified atom stereocenters. The molecular weight excluding hydrogens is 336 g/mol. The van der Waals surface area contributed by atoms with Crippen LogP contribution in [0.5, 0.6) is 0 Å². The number of carboxylic acid groups (broad SMARTS) is 1. The number of carbonyl (C=O) groups excluding carboxylic acids is 1. The maximum atomic E-state index is 13.6. The van der Waals surface area contributed by atoms with Crippen molar-refractivity contribution >= 4 is 27.8 Å². The largest absolute Gasteiger partial charge is 0.480 e. The van der Waals surface area contributed by atoms with Crippen LogP contribution in [-0.2, 0) is 4.79 Å². The molecule has 110 valence electrons. The molecule has 0 radical (unpaired) electrons. The number of nitrogens with one attached hydrogen (secondary N) is 1. The molecule has 0 saturated carbocycles. The van der Waals surface area contributed by atoms with Crippen LogP contribution in [0, 0.1) is 17.6 Å². The van der Waals surface area contributed by atoms with Gasteiger partial charge >= 0.3 is 5.97 Å². The molecule has 0 saturated heterocycles. The SMILES string of the molecule is CCC(C)C(NC(=O)c1c(F)cc(Br)cc1F)C(=O)O. The molecule has 0 fully saturated rings. The lowest BCUT2D eigenvalue weighted by Crippen LogP contribution is -2.45. The Bertz CT molecular complexity index is 513. The molecule has 1 aromatic carbocycles. The molecule has 1 amide bonds. The molecule has 7 heteroatoms. The van der Waals surface area contributed by atoms with Crippen molar-refractivity contribution in [3.8, 4) is 0 Å². The number of hydrogen-bond donors (Lipinski definition) is 2. The van der Waals surface area contributed by atoms with E-state index in [1.165, 1.54) is 0 Å². The molecular formula is C13H14BrF2NO3. The van der Waals surface area contributed by atoms with Gasteiger partial charge in [-0.25, -0.2) is 13.6 Å². The second-order valence-electron chi connectivity index (χ2n) is 4.42. The van der Waals surface area contributed by atoms with E-state index in [4.69, 9.17) is 5.11 Å². The summed E-state index contributed by atoms with van der Waals surface area (Å²) in [6, 6.07) is 0.684. The van der Waals surface area contributed by atoms with Gasteiger partial charge in [0.15, 0.2) is 0 Å². The van der Waals surface area contributed by atoms with Gasteiger partial charge in [0.2, 0.25) is 0 Å². The molecule has 0 aliphatic rings. The lowest BCUT2D eigenvalue weighted by Gasteiger charge is -2.20. The van der Waals surface area contributed by atoms with Crippen LogP contribution in [0.4, 0.5) is 8.78 Å². The van der Waals surface area contributed by atoms with Gasteiger partial charge < -0.3 is 10.4 Å². The van der Waals surface area contributed by atoms with Crippen LogP contribution in [0.15, 0.2) is 16.6 Å². The smallest absolute Gasteiger partial charge is 0.326 e. The molecule has 2 N–H and O–H groups in total. The third kappa shape index (κ3) is 3.75. The summed E-state index contributed by atoms with van der Waals surface area (Å²) in [6.45, 7) is 3.39. The molecule has 0 spiro atoms. The average molecular weight is 350 g/mol. The van der Waals surface area contributed by atoms with Gasteiger partial charge in [-0.1, -0.05) is 36.2 Å². The summed E-state index contributed by atoms with van der Waals surface area (Å²) in [5.41, 5.74) is -0.789. The maximum absolute atomic E-state index is 13.6. The minimum absolute atomic E-state index is 0.153. The van der Waals surface area contributed by atoms with Gasteiger partial charge in [0, 0.05) is 4.47 Å². The Kier molecular flexibility index (Phi) is 5.62. The second-order valence-corrected chi connectivity index (χ2v) is 5.34. The average Bonchev–Trinajstić information content (AvgIpc) is 2.33. The van der Waals surface area contributed by atoms with Crippen LogP contribution in [0.3, 0.4) is 0 Å². The summed E-state index contributed by atoms with van der Waals surface area (Å²) in [5.74, 6) is -4.80. The second kappa shape index (κ2) is 6.78. The Balaban J connectivity index is 3.04. The Morgan fingerprint density at radius 2 is 1.85 bits per heavy atom. The van der Waals surface area contributed by atoms with Crippen molar-refractivity contribution in [3.05, 3.63) is 33.8 Å². The zero-order valence-corrected chi connectivity index (χ0v) is 12.5. The first kappa shape index (κ1) is 16.6. The highest BCUT2D eigenvalue weighted by Crippen LogP contribution is 2.20. The Hall–Kier alpha value is -1.50. The van der Waals surface area contributed by atoms with Crippen molar-refractivity contribution in [1.29, 1.82) is 0 Å². The Labute approximate surface area is 123 Å². The third-order valence-electron chi connectivity index (χ3n) is 3.00. The number of carbonyl (C=O) groups is 2. The van der Waals surface area contributed by atoms with Crippen molar-refractivity contribution in [2.45, 2.75) is 26.3 Å². The van der Waals surface area contributed by atoms with Crippen LogP contribution in [0.25, 0.3) is 0 Å². The number of carboxylic acids is 1. The van der Waals surface area contributed by atoms with Crippen LogP contribution in [0.2, 0.25) is 0 Å². The van der Waals surface area contributed by atoms with E-state index in [0.717, 1.165) is 12.1 Å². The molecule has 4 nitrogen and oxygen atoms in total.